The lowest BCUT2D eigenvalue weighted by Crippen LogP contribution is -2.35. The lowest BCUT2D eigenvalue weighted by Gasteiger charge is -2.26. The Hall–Kier alpha value is -0.570. The van der Waals surface area contributed by atoms with E-state index in [1.807, 2.05) is 0 Å². The second kappa shape index (κ2) is 2.81. The Labute approximate surface area is 66.7 Å². The molecule has 0 aromatic rings. The normalized spacial score (nSPS) is 27.1. The van der Waals surface area contributed by atoms with E-state index in [0.717, 1.165) is 37.7 Å². The molecule has 0 aromatic heterocycles. The lowest BCUT2D eigenvalue weighted by molar-refractivity contribution is 0.254. The summed E-state index contributed by atoms with van der Waals surface area (Å²) in [6.07, 6.45) is 4.69. The first-order valence-electron chi connectivity index (χ1n) is 4.34. The van der Waals surface area contributed by atoms with Crippen LogP contribution in [0.15, 0.2) is 5.16 Å². The van der Waals surface area contributed by atoms with Gasteiger partial charge in [0.05, 0.1) is 5.71 Å². The predicted octanol–water partition coefficient (Wildman–Crippen LogP) is 1.07. The molecule has 1 aliphatic carbocycles. The number of nitrogens with zero attached hydrogens (tertiary/aromatic N) is 2. The molecule has 1 N–H and O–H groups in total. The average Bonchev–Trinajstić information content (AvgIpc) is 2.87. The van der Waals surface area contributed by atoms with Crippen LogP contribution in [-0.2, 0) is 0 Å². The van der Waals surface area contributed by atoms with Crippen molar-refractivity contribution in [2.24, 2.45) is 5.16 Å². The van der Waals surface area contributed by atoms with E-state index in [1.165, 1.54) is 12.8 Å². The summed E-state index contributed by atoms with van der Waals surface area (Å²) in [4.78, 5) is 2.51. The van der Waals surface area contributed by atoms with Crippen molar-refractivity contribution in [2.45, 2.75) is 31.7 Å². The van der Waals surface area contributed by atoms with E-state index in [1.54, 1.807) is 0 Å². The molecule has 1 saturated heterocycles. The Morgan fingerprint density at radius 2 is 1.91 bits per heavy atom. The topological polar surface area (TPSA) is 35.8 Å². The smallest absolute Gasteiger partial charge is 0.0596 e. The molecule has 1 heterocycles. The average molecular weight is 154 g/mol. The molecule has 0 amide bonds. The minimum Gasteiger partial charge on any atom is -0.411 e. The van der Waals surface area contributed by atoms with Crippen LogP contribution in [0.5, 0.6) is 0 Å². The van der Waals surface area contributed by atoms with Gasteiger partial charge in [0.2, 0.25) is 0 Å². The van der Waals surface area contributed by atoms with Crippen LogP contribution in [-0.4, -0.2) is 35.0 Å². The van der Waals surface area contributed by atoms with Gasteiger partial charge in [0.25, 0.3) is 0 Å². The molecular formula is C8H14N2O. The first-order valence-corrected chi connectivity index (χ1v) is 4.34. The Kier molecular flexibility index (Phi) is 1.82. The van der Waals surface area contributed by atoms with E-state index in [4.69, 9.17) is 5.21 Å². The van der Waals surface area contributed by atoms with Crippen LogP contribution in [0.1, 0.15) is 25.7 Å². The van der Waals surface area contributed by atoms with Crippen molar-refractivity contribution in [3.05, 3.63) is 0 Å². The third-order valence-corrected chi connectivity index (χ3v) is 2.58. The first kappa shape index (κ1) is 7.10. The van der Waals surface area contributed by atoms with Crippen LogP contribution in [0.25, 0.3) is 0 Å². The maximum absolute atomic E-state index is 8.50. The van der Waals surface area contributed by atoms with Gasteiger partial charge in [-0.25, -0.2) is 0 Å². The van der Waals surface area contributed by atoms with Crippen LogP contribution in [0.2, 0.25) is 0 Å². The highest BCUT2D eigenvalue weighted by atomic mass is 16.4. The van der Waals surface area contributed by atoms with Crippen molar-refractivity contribution in [3.63, 3.8) is 0 Å². The minimum atomic E-state index is 0.871. The van der Waals surface area contributed by atoms with Gasteiger partial charge in [-0.3, -0.25) is 4.90 Å². The molecule has 0 spiro atoms. The molecule has 0 unspecified atom stereocenters. The van der Waals surface area contributed by atoms with Gasteiger partial charge in [-0.1, -0.05) is 5.16 Å². The van der Waals surface area contributed by atoms with Gasteiger partial charge in [-0.05, 0) is 12.8 Å². The summed E-state index contributed by atoms with van der Waals surface area (Å²) in [6, 6.07) is 0.871. The van der Waals surface area contributed by atoms with Gasteiger partial charge in [0.15, 0.2) is 0 Å². The van der Waals surface area contributed by atoms with Gasteiger partial charge >= 0.3 is 0 Å². The fourth-order valence-electron chi connectivity index (χ4n) is 1.69. The number of piperidine rings is 1. The van der Waals surface area contributed by atoms with Crippen LogP contribution >= 0.6 is 0 Å². The number of hydrogen-bond donors (Lipinski definition) is 1. The summed E-state index contributed by atoms with van der Waals surface area (Å²) in [5.74, 6) is 0. The van der Waals surface area contributed by atoms with E-state index in [0.29, 0.717) is 0 Å². The minimum absolute atomic E-state index is 0.871. The highest BCUT2D eigenvalue weighted by Gasteiger charge is 2.30. The number of rotatable bonds is 1. The summed E-state index contributed by atoms with van der Waals surface area (Å²) in [7, 11) is 0. The van der Waals surface area contributed by atoms with Gasteiger partial charge in [0, 0.05) is 32.0 Å². The Morgan fingerprint density at radius 1 is 1.27 bits per heavy atom. The third kappa shape index (κ3) is 1.53. The molecule has 0 radical (unpaired) electrons. The van der Waals surface area contributed by atoms with E-state index in [9.17, 15) is 0 Å². The molecule has 1 saturated carbocycles. The van der Waals surface area contributed by atoms with Crippen molar-refractivity contribution < 1.29 is 5.21 Å². The third-order valence-electron chi connectivity index (χ3n) is 2.58. The molecule has 62 valence electrons. The predicted molar refractivity (Wildman–Crippen MR) is 43.1 cm³/mol. The second-order valence-electron chi connectivity index (χ2n) is 3.43. The first-order chi connectivity index (χ1) is 5.40. The zero-order valence-corrected chi connectivity index (χ0v) is 6.66. The van der Waals surface area contributed by atoms with Crippen LogP contribution in [0.3, 0.4) is 0 Å². The lowest BCUT2D eigenvalue weighted by atomic mass is 10.1. The second-order valence-corrected chi connectivity index (χ2v) is 3.43. The molecule has 3 nitrogen and oxygen atoms in total. The number of oxime groups is 1. The Bertz CT molecular complexity index is 165. The van der Waals surface area contributed by atoms with E-state index in [2.05, 4.69) is 10.1 Å². The molecule has 2 rings (SSSR count). The fraction of sp³-hybridized carbons (Fsp3) is 0.875. The van der Waals surface area contributed by atoms with Crippen molar-refractivity contribution >= 4 is 5.71 Å². The summed E-state index contributed by atoms with van der Waals surface area (Å²) >= 11 is 0. The van der Waals surface area contributed by atoms with Crippen molar-refractivity contribution in [3.8, 4) is 0 Å². The summed E-state index contributed by atoms with van der Waals surface area (Å²) in [5, 5.41) is 11.8. The molecule has 0 bridgehead atoms. The molecule has 1 aliphatic heterocycles. The summed E-state index contributed by atoms with van der Waals surface area (Å²) in [5.41, 5.74) is 0.974. The highest BCUT2D eigenvalue weighted by molar-refractivity contribution is 5.84. The van der Waals surface area contributed by atoms with Crippen molar-refractivity contribution in [1.82, 2.24) is 4.90 Å². The standard InChI is InChI=1S/C8H14N2O/c11-9-7-3-5-10(6-4-7)8-1-2-8/h8,11H,1-6H2. The van der Waals surface area contributed by atoms with E-state index >= 15 is 0 Å². The fourth-order valence-corrected chi connectivity index (χ4v) is 1.69. The largest absolute Gasteiger partial charge is 0.411 e. The van der Waals surface area contributed by atoms with Crippen LogP contribution in [0.4, 0.5) is 0 Å². The van der Waals surface area contributed by atoms with E-state index in [-0.39, 0.29) is 0 Å². The van der Waals surface area contributed by atoms with Gasteiger partial charge in [-0.2, -0.15) is 0 Å². The molecule has 11 heavy (non-hydrogen) atoms. The molecule has 2 fully saturated rings. The molecule has 2 aliphatic rings. The zero-order chi connectivity index (χ0) is 7.68. The monoisotopic (exact) mass is 154 g/mol. The van der Waals surface area contributed by atoms with Crippen LogP contribution < -0.4 is 0 Å². The SMILES string of the molecule is ON=C1CCN(C2CC2)CC1. The number of hydrogen-bond acceptors (Lipinski definition) is 3. The highest BCUT2D eigenvalue weighted by Crippen LogP contribution is 2.28. The zero-order valence-electron chi connectivity index (χ0n) is 6.66. The van der Waals surface area contributed by atoms with Gasteiger partial charge in [0.1, 0.15) is 0 Å². The molecule has 0 aromatic carbocycles. The van der Waals surface area contributed by atoms with Crippen molar-refractivity contribution in [2.75, 3.05) is 13.1 Å². The molecule has 3 heteroatoms. The van der Waals surface area contributed by atoms with Crippen molar-refractivity contribution in [1.29, 1.82) is 0 Å². The summed E-state index contributed by atoms with van der Waals surface area (Å²) in [6.45, 7) is 2.20. The quantitative estimate of drug-likeness (QED) is 0.453. The van der Waals surface area contributed by atoms with E-state index < -0.39 is 0 Å². The van der Waals surface area contributed by atoms with Gasteiger partial charge in [-0.15, -0.1) is 0 Å². The Morgan fingerprint density at radius 3 is 2.36 bits per heavy atom. The molecule has 0 atom stereocenters. The maximum Gasteiger partial charge on any atom is 0.0596 e. The molecular weight excluding hydrogens is 140 g/mol. The van der Waals surface area contributed by atoms with Gasteiger partial charge < -0.3 is 5.21 Å². The number of likely N-dealkylation sites (tertiary alicyclic amines) is 1. The maximum atomic E-state index is 8.50. The Balaban J connectivity index is 1.83. The van der Waals surface area contributed by atoms with Crippen LogP contribution in [0, 0.1) is 0 Å². The summed E-state index contributed by atoms with van der Waals surface area (Å²) < 4.78 is 0.